The Kier molecular flexibility index (Phi) is 7.79. The van der Waals surface area contributed by atoms with Crippen molar-refractivity contribution in [2.75, 3.05) is 11.9 Å². The summed E-state index contributed by atoms with van der Waals surface area (Å²) >= 11 is 0. The quantitative estimate of drug-likeness (QED) is 0.372. The van der Waals surface area contributed by atoms with E-state index in [-0.39, 0.29) is 21.3 Å². The summed E-state index contributed by atoms with van der Waals surface area (Å²) in [5.41, 5.74) is 11.5. The first-order valence-corrected chi connectivity index (χ1v) is 15.8. The summed E-state index contributed by atoms with van der Waals surface area (Å²) in [5.74, 6) is 0. The second-order valence-electron chi connectivity index (χ2n) is 11.7. The zero-order valence-electron chi connectivity index (χ0n) is 23.5. The van der Waals surface area contributed by atoms with Gasteiger partial charge in [-0.3, -0.25) is 0 Å². The molecule has 0 fully saturated rings. The third kappa shape index (κ3) is 4.67. The van der Waals surface area contributed by atoms with Gasteiger partial charge in [-0.1, -0.05) is 108 Å². The molecule has 1 aliphatic rings. The van der Waals surface area contributed by atoms with Crippen molar-refractivity contribution in [3.05, 3.63) is 46.5 Å². The maximum atomic E-state index is 2.61. The number of benzene rings is 2. The van der Waals surface area contributed by atoms with E-state index in [9.17, 15) is 0 Å². The Hall–Kier alpha value is -0.900. The van der Waals surface area contributed by atoms with Gasteiger partial charge in [0.25, 0.3) is 0 Å². The van der Waals surface area contributed by atoms with Gasteiger partial charge in [-0.2, -0.15) is 0 Å². The van der Waals surface area contributed by atoms with Gasteiger partial charge in [0, 0.05) is 23.1 Å². The zero-order chi connectivity index (χ0) is 25.0. The molecule has 0 bridgehead atoms. The molecular formula is C30H47NP2. The summed E-state index contributed by atoms with van der Waals surface area (Å²) in [4.78, 5) is 2.61. The number of hydrogen-bond donors (Lipinski definition) is 0. The van der Waals surface area contributed by atoms with Gasteiger partial charge in [0.1, 0.15) is 0 Å². The van der Waals surface area contributed by atoms with E-state index in [4.69, 9.17) is 0 Å². The van der Waals surface area contributed by atoms with Gasteiger partial charge >= 0.3 is 0 Å². The highest BCUT2D eigenvalue weighted by Gasteiger charge is 2.41. The standard InChI is InChI=1S/C30H47NP2/c1-18(2)32(19(3)4)26-16-22(9)14-24-28(26)31(13)29-25(30(24,11)12)15-23(10)17-27(29)33(20(5)6)21(7)8/h14-21H,1-13H3. The highest BCUT2D eigenvalue weighted by molar-refractivity contribution is 7.67. The summed E-state index contributed by atoms with van der Waals surface area (Å²) in [6, 6.07) is 9.98. The maximum absolute atomic E-state index is 2.61. The molecule has 3 heteroatoms. The average molecular weight is 484 g/mol. The summed E-state index contributed by atoms with van der Waals surface area (Å²) in [5, 5.41) is 3.22. The van der Waals surface area contributed by atoms with Crippen LogP contribution in [0.1, 0.15) is 91.5 Å². The molecule has 1 aliphatic heterocycles. The van der Waals surface area contributed by atoms with Crippen molar-refractivity contribution in [1.82, 2.24) is 0 Å². The lowest BCUT2D eigenvalue weighted by molar-refractivity contribution is 0.630. The molecule has 0 atom stereocenters. The van der Waals surface area contributed by atoms with Crippen molar-refractivity contribution < 1.29 is 0 Å². The number of rotatable bonds is 6. The molecule has 182 valence electrons. The van der Waals surface area contributed by atoms with Crippen LogP contribution >= 0.6 is 15.8 Å². The predicted octanol–water partition coefficient (Wildman–Crippen LogP) is 8.56. The molecule has 33 heavy (non-hydrogen) atoms. The molecule has 1 nitrogen and oxygen atoms in total. The fraction of sp³-hybridized carbons (Fsp3) is 0.600. The third-order valence-electron chi connectivity index (χ3n) is 7.27. The second-order valence-corrected chi connectivity index (χ2v) is 18.5. The van der Waals surface area contributed by atoms with Gasteiger partial charge in [0.2, 0.25) is 0 Å². The van der Waals surface area contributed by atoms with E-state index in [0.717, 1.165) is 0 Å². The number of hydrogen-bond acceptors (Lipinski definition) is 1. The van der Waals surface area contributed by atoms with E-state index >= 15 is 0 Å². The van der Waals surface area contributed by atoms with E-state index in [1.165, 1.54) is 33.6 Å². The largest absolute Gasteiger partial charge is 0.343 e. The highest BCUT2D eigenvalue weighted by Crippen LogP contribution is 2.56. The molecule has 0 aliphatic carbocycles. The van der Waals surface area contributed by atoms with Gasteiger partial charge in [-0.05, 0) is 59.7 Å². The summed E-state index contributed by atoms with van der Waals surface area (Å²) < 4.78 is 0. The third-order valence-corrected chi connectivity index (χ3v) is 13.5. The topological polar surface area (TPSA) is 3.24 Å². The molecule has 0 saturated carbocycles. The minimum Gasteiger partial charge on any atom is -0.343 e. The summed E-state index contributed by atoms with van der Waals surface area (Å²) in [6.07, 6.45) is 0. The Morgan fingerprint density at radius 3 is 1.18 bits per heavy atom. The Bertz CT molecular complexity index is 921. The van der Waals surface area contributed by atoms with Gasteiger partial charge in [-0.15, -0.1) is 0 Å². The van der Waals surface area contributed by atoms with Crippen molar-refractivity contribution in [2.24, 2.45) is 0 Å². The van der Waals surface area contributed by atoms with E-state index in [1.54, 1.807) is 10.6 Å². The minimum atomic E-state index is -0.254. The molecule has 2 aromatic rings. The Labute approximate surface area is 207 Å². The Balaban J connectivity index is 2.43. The van der Waals surface area contributed by atoms with Crippen molar-refractivity contribution in [3.63, 3.8) is 0 Å². The lowest BCUT2D eigenvalue weighted by atomic mass is 9.73. The molecule has 0 amide bonds. The van der Waals surface area contributed by atoms with Crippen molar-refractivity contribution >= 4 is 37.8 Å². The smallest absolute Gasteiger partial charge is 0.0528 e. The Morgan fingerprint density at radius 2 is 0.909 bits per heavy atom. The number of anilines is 2. The van der Waals surface area contributed by atoms with Crippen molar-refractivity contribution in [1.29, 1.82) is 0 Å². The van der Waals surface area contributed by atoms with Crippen LogP contribution in [0.15, 0.2) is 24.3 Å². The minimum absolute atomic E-state index is 0.0113. The SMILES string of the molecule is Cc1cc(P(C(C)C)C(C)C)c2c(c1)C(C)(C)c1cc(C)cc(P(C(C)C)C(C)C)c1N2C. The lowest BCUT2D eigenvalue weighted by Crippen LogP contribution is -2.39. The van der Waals surface area contributed by atoms with Gasteiger partial charge in [0.15, 0.2) is 0 Å². The highest BCUT2D eigenvalue weighted by atomic mass is 31.1. The normalized spacial score (nSPS) is 15.4. The van der Waals surface area contributed by atoms with Crippen LogP contribution in [-0.2, 0) is 5.41 Å². The van der Waals surface area contributed by atoms with Crippen LogP contribution in [0.5, 0.6) is 0 Å². The first-order chi connectivity index (χ1) is 15.2. The monoisotopic (exact) mass is 483 g/mol. The van der Waals surface area contributed by atoms with Crippen LogP contribution in [0.2, 0.25) is 0 Å². The molecule has 0 unspecified atom stereocenters. The average Bonchev–Trinajstić information content (AvgIpc) is 2.64. The van der Waals surface area contributed by atoms with Crippen LogP contribution < -0.4 is 15.5 Å². The van der Waals surface area contributed by atoms with Gasteiger partial charge in [-0.25, -0.2) is 0 Å². The Morgan fingerprint density at radius 1 is 0.606 bits per heavy atom. The second kappa shape index (κ2) is 9.63. The molecule has 2 aromatic carbocycles. The van der Waals surface area contributed by atoms with Gasteiger partial charge < -0.3 is 4.90 Å². The van der Waals surface area contributed by atoms with E-state index in [1.807, 2.05) is 0 Å². The van der Waals surface area contributed by atoms with Gasteiger partial charge in [0.05, 0.1) is 11.4 Å². The molecule has 0 N–H and O–H groups in total. The molecule has 0 saturated heterocycles. The van der Waals surface area contributed by atoms with Crippen LogP contribution in [0, 0.1) is 13.8 Å². The number of fused-ring (bicyclic) bond motifs is 2. The van der Waals surface area contributed by atoms with E-state index < -0.39 is 0 Å². The van der Waals surface area contributed by atoms with E-state index in [0.29, 0.717) is 22.6 Å². The molecule has 3 rings (SSSR count). The number of nitrogens with zero attached hydrogens (tertiary/aromatic N) is 1. The molecule has 0 aromatic heterocycles. The van der Waals surface area contributed by atoms with Crippen LogP contribution in [-0.4, -0.2) is 29.7 Å². The molecule has 0 radical (unpaired) electrons. The lowest BCUT2D eigenvalue weighted by Gasteiger charge is -2.46. The zero-order valence-corrected chi connectivity index (χ0v) is 25.2. The van der Waals surface area contributed by atoms with Crippen LogP contribution in [0.3, 0.4) is 0 Å². The van der Waals surface area contributed by atoms with Crippen molar-refractivity contribution in [3.8, 4) is 0 Å². The maximum Gasteiger partial charge on any atom is 0.0528 e. The van der Waals surface area contributed by atoms with Crippen LogP contribution in [0.25, 0.3) is 0 Å². The first kappa shape index (κ1) is 26.7. The molecule has 1 heterocycles. The predicted molar refractivity (Wildman–Crippen MR) is 156 cm³/mol. The molecular weight excluding hydrogens is 436 g/mol. The number of aryl methyl sites for hydroxylation is 2. The fourth-order valence-corrected chi connectivity index (χ4v) is 12.5. The molecule has 0 spiro atoms. The summed E-state index contributed by atoms with van der Waals surface area (Å²) in [7, 11) is 1.85. The van der Waals surface area contributed by atoms with E-state index in [2.05, 4.69) is 119 Å². The fourth-order valence-electron chi connectivity index (χ4n) is 6.13. The first-order valence-electron chi connectivity index (χ1n) is 12.8. The van der Waals surface area contributed by atoms with Crippen molar-refractivity contribution in [2.45, 2.75) is 111 Å². The van der Waals surface area contributed by atoms with Crippen LogP contribution in [0.4, 0.5) is 11.4 Å². The summed E-state index contributed by atoms with van der Waals surface area (Å²) in [6.45, 7) is 28.9.